The Morgan fingerprint density at radius 3 is 2.57 bits per heavy atom. The second-order valence-corrected chi connectivity index (χ2v) is 1.70. The van der Waals surface area contributed by atoms with E-state index in [1.807, 2.05) is 0 Å². The van der Waals surface area contributed by atoms with Gasteiger partial charge in [-0.3, -0.25) is 0 Å². The Hall–Kier alpha value is -0.240. The maximum atomic E-state index is 5.38. The van der Waals surface area contributed by atoms with E-state index in [1.54, 1.807) is 6.92 Å². The van der Waals surface area contributed by atoms with Crippen molar-refractivity contribution in [3.05, 3.63) is 0 Å². The average molecular weight is 122 g/mol. The summed E-state index contributed by atoms with van der Waals surface area (Å²) in [5.41, 5.74) is -0.181. The molecule has 0 radical (unpaired) electrons. The van der Waals surface area contributed by atoms with E-state index in [4.69, 9.17) is 11.6 Å². The Morgan fingerprint density at radius 2 is 2.43 bits per heavy atom. The zero-order valence-electron chi connectivity index (χ0n) is 4.39. The molecule has 0 fully saturated rings. The van der Waals surface area contributed by atoms with Crippen molar-refractivity contribution >= 4 is 18.0 Å². The molecule has 1 atom stereocenters. The van der Waals surface area contributed by atoms with Gasteiger partial charge in [0.15, 0.2) is 6.40 Å². The van der Waals surface area contributed by atoms with Crippen LogP contribution in [0.25, 0.3) is 0 Å². The van der Waals surface area contributed by atoms with E-state index in [-0.39, 0.29) is 5.50 Å². The van der Waals surface area contributed by atoms with Gasteiger partial charge in [-0.2, -0.15) is 0 Å². The van der Waals surface area contributed by atoms with E-state index >= 15 is 0 Å². The molecule has 0 heterocycles. The summed E-state index contributed by atoms with van der Waals surface area (Å²) in [6, 6.07) is 0. The van der Waals surface area contributed by atoms with Crippen molar-refractivity contribution in [2.45, 2.75) is 12.4 Å². The van der Waals surface area contributed by atoms with Gasteiger partial charge in [-0.1, -0.05) is 11.6 Å². The Balaban J connectivity index is 3.08. The molecule has 0 aromatic rings. The third-order valence-corrected chi connectivity index (χ3v) is 0.484. The van der Waals surface area contributed by atoms with E-state index in [9.17, 15) is 0 Å². The molecule has 0 saturated heterocycles. The number of alkyl halides is 1. The topological polar surface area (TPSA) is 21.6 Å². The molecule has 42 valence electrons. The molecule has 3 heteroatoms. The van der Waals surface area contributed by atoms with E-state index in [1.165, 1.54) is 13.5 Å². The highest BCUT2D eigenvalue weighted by atomic mass is 35.5. The van der Waals surface area contributed by atoms with Gasteiger partial charge >= 0.3 is 0 Å². The highest BCUT2D eigenvalue weighted by Gasteiger charge is 1.82. The Bertz CT molecular complexity index is 62.7. The lowest BCUT2D eigenvalue weighted by atomic mass is 10.8. The number of nitrogens with zero attached hydrogens (tertiary/aromatic N) is 1. The van der Waals surface area contributed by atoms with Crippen molar-refractivity contribution in [1.82, 2.24) is 0 Å². The molecule has 0 aromatic carbocycles. The fourth-order valence-electron chi connectivity index (χ4n) is 0.145. The monoisotopic (exact) mass is 121 g/mol. The molecular weight excluding hydrogens is 114 g/mol. The normalized spacial score (nSPS) is 14.7. The molecule has 7 heavy (non-hydrogen) atoms. The highest BCUT2D eigenvalue weighted by molar-refractivity contribution is 6.20. The lowest BCUT2D eigenvalue weighted by Gasteiger charge is -1.88. The summed E-state index contributed by atoms with van der Waals surface area (Å²) in [5, 5.41) is 0. The first-order chi connectivity index (χ1) is 3.27. The summed E-state index contributed by atoms with van der Waals surface area (Å²) in [6.45, 7) is 1.76. The highest BCUT2D eigenvalue weighted by Crippen LogP contribution is 1.91. The van der Waals surface area contributed by atoms with Crippen LogP contribution >= 0.6 is 11.6 Å². The van der Waals surface area contributed by atoms with E-state index in [0.717, 1.165) is 0 Å². The number of halogens is 1. The third-order valence-electron chi connectivity index (χ3n) is 0.372. The van der Waals surface area contributed by atoms with Crippen LogP contribution in [0.4, 0.5) is 0 Å². The summed E-state index contributed by atoms with van der Waals surface area (Å²) >= 11 is 5.38. The Labute approximate surface area is 48.1 Å². The van der Waals surface area contributed by atoms with Gasteiger partial charge in [0.2, 0.25) is 0 Å². The number of aliphatic imine (C=N–C) groups is 1. The van der Waals surface area contributed by atoms with Crippen molar-refractivity contribution in [3.8, 4) is 0 Å². The van der Waals surface area contributed by atoms with E-state index in [0.29, 0.717) is 0 Å². The first-order valence-corrected chi connectivity index (χ1v) is 2.39. The van der Waals surface area contributed by atoms with Crippen LogP contribution in [-0.4, -0.2) is 19.0 Å². The zero-order valence-corrected chi connectivity index (χ0v) is 5.14. The van der Waals surface area contributed by atoms with Crippen LogP contribution in [0.5, 0.6) is 0 Å². The Morgan fingerprint density at radius 1 is 1.86 bits per heavy atom. The molecule has 0 bridgehead atoms. The molecule has 0 rings (SSSR count). The Kier molecular flexibility index (Phi) is 3.80. The van der Waals surface area contributed by atoms with Crippen molar-refractivity contribution in [1.29, 1.82) is 0 Å². The minimum absolute atomic E-state index is 0.181. The summed E-state index contributed by atoms with van der Waals surface area (Å²) < 4.78 is 4.48. The van der Waals surface area contributed by atoms with Crippen LogP contribution < -0.4 is 0 Å². The zero-order chi connectivity index (χ0) is 5.70. The quantitative estimate of drug-likeness (QED) is 0.233. The first-order valence-electron chi connectivity index (χ1n) is 1.96. The maximum Gasteiger partial charge on any atom is 0.170 e. The molecule has 0 aliphatic carbocycles. The van der Waals surface area contributed by atoms with Crippen LogP contribution in [0.15, 0.2) is 4.99 Å². The molecule has 2 nitrogen and oxygen atoms in total. The predicted octanol–water partition coefficient (Wildman–Crippen LogP) is 1.25. The van der Waals surface area contributed by atoms with Crippen LogP contribution in [0.3, 0.4) is 0 Å². The van der Waals surface area contributed by atoms with Gasteiger partial charge < -0.3 is 4.74 Å². The van der Waals surface area contributed by atoms with Crippen LogP contribution in [-0.2, 0) is 4.74 Å². The lowest BCUT2D eigenvalue weighted by molar-refractivity contribution is 0.420. The molecule has 0 aliphatic rings. The molecule has 0 amide bonds. The van der Waals surface area contributed by atoms with Crippen molar-refractivity contribution < 1.29 is 4.74 Å². The molecule has 1 unspecified atom stereocenters. The van der Waals surface area contributed by atoms with E-state index < -0.39 is 0 Å². The smallest absolute Gasteiger partial charge is 0.170 e. The molecule has 0 saturated carbocycles. The fourth-order valence-corrected chi connectivity index (χ4v) is 0.191. The molecular formula is C4H8ClNO. The minimum atomic E-state index is -0.181. The molecule has 0 aliphatic heterocycles. The number of methoxy groups -OCH3 is 1. The second-order valence-electron chi connectivity index (χ2n) is 1.06. The van der Waals surface area contributed by atoms with Gasteiger partial charge in [0, 0.05) is 0 Å². The number of rotatable bonds is 2. The number of hydrogen-bond donors (Lipinski definition) is 0. The van der Waals surface area contributed by atoms with Crippen molar-refractivity contribution in [2.75, 3.05) is 7.11 Å². The molecule has 0 aromatic heterocycles. The van der Waals surface area contributed by atoms with Gasteiger partial charge in [-0.05, 0) is 6.92 Å². The number of hydrogen-bond acceptors (Lipinski definition) is 2. The summed E-state index contributed by atoms with van der Waals surface area (Å²) in [5.74, 6) is 0. The summed E-state index contributed by atoms with van der Waals surface area (Å²) in [7, 11) is 1.53. The second kappa shape index (κ2) is 3.93. The van der Waals surface area contributed by atoms with Gasteiger partial charge in [0.1, 0.15) is 5.50 Å². The van der Waals surface area contributed by atoms with Gasteiger partial charge in [0.25, 0.3) is 0 Å². The fraction of sp³-hybridized carbons (Fsp3) is 0.750. The van der Waals surface area contributed by atoms with Gasteiger partial charge in [-0.25, -0.2) is 4.99 Å². The summed E-state index contributed by atoms with van der Waals surface area (Å²) in [4.78, 5) is 3.66. The van der Waals surface area contributed by atoms with Crippen LogP contribution in [0, 0.1) is 0 Å². The van der Waals surface area contributed by atoms with Gasteiger partial charge in [0.05, 0.1) is 7.11 Å². The number of ether oxygens (including phenoxy) is 1. The predicted molar refractivity (Wildman–Crippen MR) is 30.8 cm³/mol. The maximum absolute atomic E-state index is 5.38. The van der Waals surface area contributed by atoms with Crippen LogP contribution in [0.1, 0.15) is 6.92 Å². The SMILES string of the molecule is COC=NC(C)Cl. The first kappa shape index (κ1) is 6.76. The lowest BCUT2D eigenvalue weighted by Crippen LogP contribution is -1.85. The van der Waals surface area contributed by atoms with Crippen molar-refractivity contribution in [2.24, 2.45) is 4.99 Å². The molecule has 0 N–H and O–H groups in total. The average Bonchev–Trinajstić information content (AvgIpc) is 1.61. The molecule has 0 spiro atoms. The standard InChI is InChI=1S/C4H8ClNO/c1-4(5)6-3-7-2/h3-4H,1-2H3. The summed E-state index contributed by atoms with van der Waals surface area (Å²) in [6.07, 6.45) is 1.32. The van der Waals surface area contributed by atoms with Crippen LogP contribution in [0.2, 0.25) is 0 Å². The largest absolute Gasteiger partial charge is 0.487 e. The van der Waals surface area contributed by atoms with Gasteiger partial charge in [-0.15, -0.1) is 0 Å². The minimum Gasteiger partial charge on any atom is -0.487 e. The van der Waals surface area contributed by atoms with Crippen molar-refractivity contribution in [3.63, 3.8) is 0 Å². The van der Waals surface area contributed by atoms with E-state index in [2.05, 4.69) is 9.73 Å². The third kappa shape index (κ3) is 5.76.